The molecule has 1 aliphatic heterocycles. The molecule has 0 aliphatic carbocycles. The second-order valence-corrected chi connectivity index (χ2v) is 5.99. The van der Waals surface area contributed by atoms with E-state index < -0.39 is 0 Å². The first kappa shape index (κ1) is 18.4. The van der Waals surface area contributed by atoms with Crippen molar-refractivity contribution in [1.29, 1.82) is 0 Å². The molecule has 0 unspecified atom stereocenters. The molecule has 1 aromatic rings. The summed E-state index contributed by atoms with van der Waals surface area (Å²) in [6, 6.07) is 0. The Labute approximate surface area is 144 Å². The molecule has 6 nitrogen and oxygen atoms in total. The first-order valence-electron chi connectivity index (χ1n) is 8.80. The quantitative estimate of drug-likeness (QED) is 0.567. The predicted octanol–water partition coefficient (Wildman–Crippen LogP) is 2.88. The number of hydrogen-bond acceptors (Lipinski definition) is 5. The number of likely N-dealkylation sites (tertiary alicyclic amines) is 1. The third-order valence-corrected chi connectivity index (χ3v) is 4.27. The Morgan fingerprint density at radius 3 is 2.75 bits per heavy atom. The molecule has 24 heavy (non-hydrogen) atoms. The molecule has 1 fully saturated rings. The van der Waals surface area contributed by atoms with Gasteiger partial charge in [-0.3, -0.25) is 9.69 Å². The second kappa shape index (κ2) is 9.37. The van der Waals surface area contributed by atoms with Gasteiger partial charge >= 0.3 is 5.97 Å². The van der Waals surface area contributed by atoms with Gasteiger partial charge in [0.05, 0.1) is 24.4 Å². The number of nitrogens with zero attached hydrogens (tertiary/aromatic N) is 4. The van der Waals surface area contributed by atoms with Crippen LogP contribution in [0.2, 0.25) is 0 Å². The first-order chi connectivity index (χ1) is 11.7. The minimum absolute atomic E-state index is 0.0485. The van der Waals surface area contributed by atoms with Crippen LogP contribution in [0.25, 0.3) is 5.70 Å². The maximum absolute atomic E-state index is 11.8. The van der Waals surface area contributed by atoms with Crippen molar-refractivity contribution in [1.82, 2.24) is 19.9 Å². The summed E-state index contributed by atoms with van der Waals surface area (Å²) in [5, 5.41) is 8.52. The Balaban J connectivity index is 1.88. The van der Waals surface area contributed by atoms with Crippen LogP contribution >= 0.6 is 0 Å². The highest BCUT2D eigenvalue weighted by molar-refractivity contribution is 5.72. The van der Waals surface area contributed by atoms with Crippen LogP contribution in [0.5, 0.6) is 0 Å². The smallest absolute Gasteiger partial charge is 0.309 e. The van der Waals surface area contributed by atoms with Gasteiger partial charge in [0, 0.05) is 12.2 Å². The second-order valence-electron chi connectivity index (χ2n) is 5.99. The fourth-order valence-electron chi connectivity index (χ4n) is 2.89. The molecule has 1 saturated heterocycles. The lowest BCUT2D eigenvalue weighted by molar-refractivity contribution is -0.149. The van der Waals surface area contributed by atoms with E-state index in [0.717, 1.165) is 50.3 Å². The van der Waals surface area contributed by atoms with Crippen molar-refractivity contribution in [3.63, 3.8) is 0 Å². The summed E-state index contributed by atoms with van der Waals surface area (Å²) in [4.78, 5) is 14.1. The molecule has 0 saturated carbocycles. The van der Waals surface area contributed by atoms with Crippen molar-refractivity contribution < 1.29 is 9.53 Å². The fourth-order valence-corrected chi connectivity index (χ4v) is 2.89. The highest BCUT2D eigenvalue weighted by Gasteiger charge is 2.26. The number of carbonyl (C=O) groups is 1. The van der Waals surface area contributed by atoms with Gasteiger partial charge in [-0.15, -0.1) is 5.10 Å². The number of hydrogen-bond donors (Lipinski definition) is 0. The van der Waals surface area contributed by atoms with Crippen molar-refractivity contribution >= 4 is 11.7 Å². The zero-order chi connectivity index (χ0) is 17.4. The summed E-state index contributed by atoms with van der Waals surface area (Å²) < 4.78 is 6.96. The molecule has 0 aromatic carbocycles. The summed E-state index contributed by atoms with van der Waals surface area (Å²) in [5.74, 6) is -0.00265. The number of ether oxygens (including phenoxy) is 1. The third kappa shape index (κ3) is 5.03. The Bertz CT molecular complexity index is 584. The number of carbonyl (C=O) groups excluding carboxylic acids is 1. The van der Waals surface area contributed by atoms with Gasteiger partial charge in [0.2, 0.25) is 0 Å². The molecular weight excluding hydrogens is 304 g/mol. The molecule has 0 N–H and O–H groups in total. The summed E-state index contributed by atoms with van der Waals surface area (Å²) >= 11 is 0. The molecular formula is C18H28N4O2. The van der Waals surface area contributed by atoms with Gasteiger partial charge in [0.25, 0.3) is 0 Å². The predicted molar refractivity (Wildman–Crippen MR) is 94.0 cm³/mol. The molecule has 1 aliphatic rings. The van der Waals surface area contributed by atoms with Crippen molar-refractivity contribution in [3.05, 3.63) is 30.1 Å². The largest absolute Gasteiger partial charge is 0.466 e. The number of piperidine rings is 1. The lowest BCUT2D eigenvalue weighted by Crippen LogP contribution is -2.36. The molecule has 132 valence electrons. The van der Waals surface area contributed by atoms with E-state index >= 15 is 0 Å². The maximum Gasteiger partial charge on any atom is 0.309 e. The van der Waals surface area contributed by atoms with Crippen LogP contribution in [0.3, 0.4) is 0 Å². The van der Waals surface area contributed by atoms with Gasteiger partial charge in [0.1, 0.15) is 0 Å². The lowest BCUT2D eigenvalue weighted by atomic mass is 9.97. The normalized spacial score (nSPS) is 17.5. The van der Waals surface area contributed by atoms with Crippen molar-refractivity contribution in [3.8, 4) is 0 Å². The summed E-state index contributed by atoms with van der Waals surface area (Å²) in [7, 11) is 0. The molecule has 0 radical (unpaired) electrons. The van der Waals surface area contributed by atoms with Gasteiger partial charge in [-0.2, -0.15) is 0 Å². The van der Waals surface area contributed by atoms with Crippen LogP contribution < -0.4 is 0 Å². The molecule has 0 spiro atoms. The van der Waals surface area contributed by atoms with E-state index in [2.05, 4.69) is 28.2 Å². The Morgan fingerprint density at radius 2 is 2.12 bits per heavy atom. The summed E-state index contributed by atoms with van der Waals surface area (Å²) in [5.41, 5.74) is 2.08. The highest BCUT2D eigenvalue weighted by Crippen LogP contribution is 2.20. The monoisotopic (exact) mass is 332 g/mol. The molecule has 1 aromatic heterocycles. The average Bonchev–Trinajstić information content (AvgIpc) is 3.05. The van der Waals surface area contributed by atoms with Gasteiger partial charge in [-0.1, -0.05) is 24.3 Å². The molecule has 0 amide bonds. The number of esters is 1. The summed E-state index contributed by atoms with van der Waals surface area (Å²) in [6.07, 6.45) is 10.7. The van der Waals surface area contributed by atoms with Gasteiger partial charge < -0.3 is 4.74 Å². The maximum atomic E-state index is 11.8. The van der Waals surface area contributed by atoms with Crippen LogP contribution in [0.4, 0.5) is 0 Å². The van der Waals surface area contributed by atoms with E-state index in [4.69, 9.17) is 4.74 Å². The minimum Gasteiger partial charge on any atom is -0.466 e. The number of rotatable bonds is 7. The van der Waals surface area contributed by atoms with Gasteiger partial charge in [-0.25, -0.2) is 4.68 Å². The molecule has 6 heteroatoms. The van der Waals surface area contributed by atoms with Gasteiger partial charge in [0.15, 0.2) is 0 Å². The van der Waals surface area contributed by atoms with E-state index in [-0.39, 0.29) is 11.9 Å². The van der Waals surface area contributed by atoms with Crippen LogP contribution in [0.15, 0.2) is 24.4 Å². The number of aromatic nitrogens is 3. The molecule has 2 heterocycles. The van der Waals surface area contributed by atoms with Crippen molar-refractivity contribution in [2.24, 2.45) is 5.92 Å². The minimum atomic E-state index is -0.0511. The SMILES string of the molecule is CC=CC=C(CC)n1cc(CN2CCC(C(=O)OCC)CC2)nn1. The molecule has 2 rings (SSSR count). The van der Waals surface area contributed by atoms with E-state index in [0.29, 0.717) is 6.61 Å². The zero-order valence-corrected chi connectivity index (χ0v) is 14.9. The van der Waals surface area contributed by atoms with Gasteiger partial charge in [-0.05, 0) is 52.3 Å². The van der Waals surface area contributed by atoms with Crippen LogP contribution in [-0.2, 0) is 16.1 Å². The van der Waals surface area contributed by atoms with Crippen molar-refractivity contribution in [2.75, 3.05) is 19.7 Å². The third-order valence-electron chi connectivity index (χ3n) is 4.27. The fraction of sp³-hybridized carbons (Fsp3) is 0.611. The zero-order valence-electron chi connectivity index (χ0n) is 14.9. The Morgan fingerprint density at radius 1 is 1.38 bits per heavy atom. The van der Waals surface area contributed by atoms with Crippen LogP contribution in [0.1, 0.15) is 45.7 Å². The van der Waals surface area contributed by atoms with E-state index in [9.17, 15) is 4.79 Å². The average molecular weight is 332 g/mol. The Hall–Kier alpha value is -1.95. The highest BCUT2D eigenvalue weighted by atomic mass is 16.5. The Kier molecular flexibility index (Phi) is 7.18. The topological polar surface area (TPSA) is 60.2 Å². The summed E-state index contributed by atoms with van der Waals surface area (Å²) in [6.45, 7) is 8.98. The van der Waals surface area contributed by atoms with Crippen molar-refractivity contribution in [2.45, 2.75) is 46.6 Å². The standard InChI is InChI=1S/C18H28N4O2/c1-4-7-8-17(5-2)22-14-16(19-20-22)13-21-11-9-15(10-12-21)18(23)24-6-3/h4,7-8,14-15H,5-6,9-13H2,1-3H3. The van der Waals surface area contributed by atoms with Crippen LogP contribution in [-0.4, -0.2) is 45.6 Å². The number of allylic oxidation sites excluding steroid dienone is 4. The van der Waals surface area contributed by atoms with E-state index in [1.165, 1.54) is 0 Å². The van der Waals surface area contributed by atoms with E-state index in [1.54, 1.807) is 0 Å². The first-order valence-corrected chi connectivity index (χ1v) is 8.80. The lowest BCUT2D eigenvalue weighted by Gasteiger charge is -2.30. The molecule has 0 bridgehead atoms. The molecule has 0 atom stereocenters. The van der Waals surface area contributed by atoms with Crippen LogP contribution in [0, 0.1) is 5.92 Å². The van der Waals surface area contributed by atoms with E-state index in [1.807, 2.05) is 36.9 Å².